The molecule has 0 saturated heterocycles. The minimum atomic E-state index is -0.659. The molecular formula is C20H40O3. The Labute approximate surface area is 144 Å². The molecule has 0 heterocycles. The van der Waals surface area contributed by atoms with Gasteiger partial charge in [-0.05, 0) is 26.7 Å². The highest BCUT2D eigenvalue weighted by Gasteiger charge is 2.00. The SMILES string of the molecule is CCOC(C)CCCCCCCCCCCCCCCC(=O)O. The molecule has 0 fully saturated rings. The van der Waals surface area contributed by atoms with E-state index in [1.54, 1.807) is 0 Å². The van der Waals surface area contributed by atoms with Gasteiger partial charge in [0.1, 0.15) is 0 Å². The fourth-order valence-corrected chi connectivity index (χ4v) is 3.02. The van der Waals surface area contributed by atoms with Crippen LogP contribution in [0.4, 0.5) is 0 Å². The van der Waals surface area contributed by atoms with Gasteiger partial charge in [-0.25, -0.2) is 0 Å². The Morgan fingerprint density at radius 2 is 1.17 bits per heavy atom. The summed E-state index contributed by atoms with van der Waals surface area (Å²) in [5.74, 6) is -0.659. The monoisotopic (exact) mass is 328 g/mol. The highest BCUT2D eigenvalue weighted by molar-refractivity contribution is 5.66. The number of aliphatic carboxylic acids is 1. The van der Waals surface area contributed by atoms with Gasteiger partial charge >= 0.3 is 5.97 Å². The van der Waals surface area contributed by atoms with E-state index in [0.29, 0.717) is 12.5 Å². The lowest BCUT2D eigenvalue weighted by Gasteiger charge is -2.10. The third-order valence-corrected chi connectivity index (χ3v) is 4.45. The maximum Gasteiger partial charge on any atom is 0.303 e. The quantitative estimate of drug-likeness (QED) is 0.298. The fraction of sp³-hybridized carbons (Fsp3) is 0.950. The summed E-state index contributed by atoms with van der Waals surface area (Å²) in [6.45, 7) is 5.08. The molecule has 1 N–H and O–H groups in total. The van der Waals surface area contributed by atoms with Gasteiger partial charge in [0.15, 0.2) is 0 Å². The van der Waals surface area contributed by atoms with Crippen molar-refractivity contribution in [2.45, 2.75) is 116 Å². The van der Waals surface area contributed by atoms with E-state index in [0.717, 1.165) is 19.4 Å². The summed E-state index contributed by atoms with van der Waals surface area (Å²) in [7, 11) is 0. The van der Waals surface area contributed by atoms with Gasteiger partial charge in [-0.15, -0.1) is 0 Å². The molecule has 3 heteroatoms. The zero-order chi connectivity index (χ0) is 17.2. The van der Waals surface area contributed by atoms with Gasteiger partial charge in [0.25, 0.3) is 0 Å². The van der Waals surface area contributed by atoms with E-state index in [4.69, 9.17) is 9.84 Å². The van der Waals surface area contributed by atoms with Gasteiger partial charge in [-0.1, -0.05) is 77.0 Å². The summed E-state index contributed by atoms with van der Waals surface area (Å²) in [4.78, 5) is 10.4. The Hall–Kier alpha value is -0.570. The number of unbranched alkanes of at least 4 members (excludes halogenated alkanes) is 12. The van der Waals surface area contributed by atoms with E-state index in [1.807, 2.05) is 0 Å². The minimum absolute atomic E-state index is 0.338. The number of carboxylic acid groups (broad SMARTS) is 1. The van der Waals surface area contributed by atoms with Crippen LogP contribution in [0.1, 0.15) is 110 Å². The van der Waals surface area contributed by atoms with Crippen LogP contribution in [-0.4, -0.2) is 23.8 Å². The van der Waals surface area contributed by atoms with Crippen LogP contribution < -0.4 is 0 Å². The van der Waals surface area contributed by atoms with Crippen LogP contribution in [0.5, 0.6) is 0 Å². The van der Waals surface area contributed by atoms with E-state index in [-0.39, 0.29) is 0 Å². The van der Waals surface area contributed by atoms with Gasteiger partial charge in [-0.3, -0.25) is 4.79 Å². The first-order valence-electron chi connectivity index (χ1n) is 10.00. The van der Waals surface area contributed by atoms with E-state index in [9.17, 15) is 4.79 Å². The molecule has 0 amide bonds. The second-order valence-corrected chi connectivity index (χ2v) is 6.79. The van der Waals surface area contributed by atoms with Crippen molar-refractivity contribution in [3.05, 3.63) is 0 Å². The summed E-state index contributed by atoms with van der Waals surface area (Å²) in [5, 5.41) is 8.55. The molecule has 0 aromatic carbocycles. The number of hydrogen-bond donors (Lipinski definition) is 1. The maximum atomic E-state index is 10.4. The number of carboxylic acids is 1. The smallest absolute Gasteiger partial charge is 0.303 e. The molecule has 1 atom stereocenters. The van der Waals surface area contributed by atoms with Crippen molar-refractivity contribution in [3.63, 3.8) is 0 Å². The lowest BCUT2D eigenvalue weighted by molar-refractivity contribution is -0.137. The normalized spacial score (nSPS) is 12.4. The van der Waals surface area contributed by atoms with Crippen LogP contribution in [0.2, 0.25) is 0 Å². The van der Waals surface area contributed by atoms with Gasteiger partial charge in [0.2, 0.25) is 0 Å². The van der Waals surface area contributed by atoms with E-state index in [2.05, 4.69) is 13.8 Å². The van der Waals surface area contributed by atoms with Crippen LogP contribution >= 0.6 is 0 Å². The van der Waals surface area contributed by atoms with Crippen molar-refractivity contribution >= 4 is 5.97 Å². The molecule has 0 aromatic heterocycles. The minimum Gasteiger partial charge on any atom is -0.481 e. The largest absolute Gasteiger partial charge is 0.481 e. The lowest BCUT2D eigenvalue weighted by Crippen LogP contribution is -2.07. The van der Waals surface area contributed by atoms with Crippen molar-refractivity contribution in [3.8, 4) is 0 Å². The molecule has 0 radical (unpaired) electrons. The van der Waals surface area contributed by atoms with E-state index in [1.165, 1.54) is 77.0 Å². The van der Waals surface area contributed by atoms with Gasteiger partial charge in [0, 0.05) is 13.0 Å². The Balaban J connectivity index is 3.04. The molecule has 0 spiro atoms. The van der Waals surface area contributed by atoms with Crippen molar-refractivity contribution in [1.82, 2.24) is 0 Å². The Morgan fingerprint density at radius 1 is 0.783 bits per heavy atom. The number of rotatable bonds is 18. The number of ether oxygens (including phenoxy) is 1. The summed E-state index contributed by atoms with van der Waals surface area (Å²) in [5.41, 5.74) is 0. The predicted octanol–water partition coefficient (Wildman–Crippen LogP) is 6.35. The van der Waals surface area contributed by atoms with E-state index >= 15 is 0 Å². The Kier molecular flexibility index (Phi) is 17.3. The van der Waals surface area contributed by atoms with Crippen molar-refractivity contribution in [2.24, 2.45) is 0 Å². The van der Waals surface area contributed by atoms with Crippen LogP contribution in [0.25, 0.3) is 0 Å². The molecule has 0 rings (SSSR count). The third-order valence-electron chi connectivity index (χ3n) is 4.45. The molecule has 0 saturated carbocycles. The molecule has 0 bridgehead atoms. The average Bonchev–Trinajstić information content (AvgIpc) is 2.51. The van der Waals surface area contributed by atoms with Crippen LogP contribution in [0.15, 0.2) is 0 Å². The number of carbonyl (C=O) groups is 1. The highest BCUT2D eigenvalue weighted by Crippen LogP contribution is 2.14. The van der Waals surface area contributed by atoms with Crippen molar-refractivity contribution in [1.29, 1.82) is 0 Å². The van der Waals surface area contributed by atoms with Crippen molar-refractivity contribution < 1.29 is 14.6 Å². The molecule has 0 aliphatic carbocycles. The average molecular weight is 329 g/mol. The molecule has 0 aromatic rings. The Morgan fingerprint density at radius 3 is 1.57 bits per heavy atom. The molecule has 23 heavy (non-hydrogen) atoms. The van der Waals surface area contributed by atoms with Crippen molar-refractivity contribution in [2.75, 3.05) is 6.61 Å². The predicted molar refractivity (Wildman–Crippen MR) is 98.0 cm³/mol. The first kappa shape index (κ1) is 22.4. The zero-order valence-corrected chi connectivity index (χ0v) is 15.7. The zero-order valence-electron chi connectivity index (χ0n) is 15.7. The number of hydrogen-bond acceptors (Lipinski definition) is 2. The van der Waals surface area contributed by atoms with E-state index < -0.39 is 5.97 Å². The second kappa shape index (κ2) is 17.8. The fourth-order valence-electron chi connectivity index (χ4n) is 3.02. The van der Waals surface area contributed by atoms with Crippen LogP contribution in [-0.2, 0) is 9.53 Å². The molecule has 1 unspecified atom stereocenters. The first-order chi connectivity index (χ1) is 11.2. The lowest BCUT2D eigenvalue weighted by atomic mass is 10.0. The molecule has 3 nitrogen and oxygen atoms in total. The highest BCUT2D eigenvalue weighted by atomic mass is 16.5. The third kappa shape index (κ3) is 19.4. The summed E-state index contributed by atoms with van der Waals surface area (Å²) in [6, 6.07) is 0. The van der Waals surface area contributed by atoms with Crippen LogP contribution in [0.3, 0.4) is 0 Å². The molecule has 0 aliphatic rings. The molecular weight excluding hydrogens is 288 g/mol. The second-order valence-electron chi connectivity index (χ2n) is 6.79. The van der Waals surface area contributed by atoms with Gasteiger partial charge in [0.05, 0.1) is 6.10 Å². The summed E-state index contributed by atoms with van der Waals surface area (Å²) in [6.07, 6.45) is 18.6. The summed E-state index contributed by atoms with van der Waals surface area (Å²) >= 11 is 0. The summed E-state index contributed by atoms with van der Waals surface area (Å²) < 4.78 is 5.54. The maximum absolute atomic E-state index is 10.4. The standard InChI is InChI=1S/C20H40O3/c1-3-23-19(2)17-15-13-11-9-7-5-4-6-8-10-12-14-16-18-20(21)22/h19H,3-18H2,1-2H3,(H,21,22). The topological polar surface area (TPSA) is 46.5 Å². The first-order valence-corrected chi connectivity index (χ1v) is 10.00. The molecule has 0 aliphatic heterocycles. The molecule has 138 valence electrons. The van der Waals surface area contributed by atoms with Gasteiger partial charge < -0.3 is 9.84 Å². The van der Waals surface area contributed by atoms with Gasteiger partial charge in [-0.2, -0.15) is 0 Å². The van der Waals surface area contributed by atoms with Crippen LogP contribution in [0, 0.1) is 0 Å². The Bertz CT molecular complexity index is 253.